The Morgan fingerprint density at radius 2 is 1.79 bits per heavy atom. The van der Waals surface area contributed by atoms with Crippen molar-refractivity contribution >= 4 is 11.6 Å². The van der Waals surface area contributed by atoms with E-state index in [-0.39, 0.29) is 0 Å². The van der Waals surface area contributed by atoms with Crippen LogP contribution in [0.3, 0.4) is 0 Å². The van der Waals surface area contributed by atoms with Gasteiger partial charge in [0, 0.05) is 5.03 Å². The van der Waals surface area contributed by atoms with E-state index in [0.29, 0.717) is 0 Å². The molecular formula is C12H25ClN+. The first-order valence-electron chi connectivity index (χ1n) is 5.77. The van der Waals surface area contributed by atoms with Gasteiger partial charge in [-0.1, -0.05) is 24.9 Å². The summed E-state index contributed by atoms with van der Waals surface area (Å²) in [4.78, 5) is 0. The minimum atomic E-state index is 0.922. The average molecular weight is 219 g/mol. The first-order valence-corrected chi connectivity index (χ1v) is 6.15. The number of halogens is 1. The Hall–Kier alpha value is -0.0100. The summed E-state index contributed by atoms with van der Waals surface area (Å²) in [6.07, 6.45) is 4.75. The Labute approximate surface area is 94.3 Å². The van der Waals surface area contributed by atoms with Crippen LogP contribution in [-0.4, -0.2) is 30.7 Å². The predicted molar refractivity (Wildman–Crippen MR) is 65.6 cm³/mol. The summed E-state index contributed by atoms with van der Waals surface area (Å²) in [5.41, 5.74) is 0. The normalized spacial score (nSPS) is 13.4. The number of quaternary nitrogens is 1. The number of hydrogen-bond donors (Lipinski definition) is 0. The molecule has 0 heterocycles. The fraction of sp³-hybridized carbons (Fsp3) is 0.833. The van der Waals surface area contributed by atoms with Crippen LogP contribution in [0.1, 0.15) is 40.5 Å². The summed E-state index contributed by atoms with van der Waals surface area (Å²) < 4.78 is 1.18. The molecule has 0 radical (unpaired) electrons. The standard InChI is InChI=1S/C12H25ClN/c1-5-8-10-14(6-2,7-3)11-9-12(4)13/h9H,5-8,10-11H2,1-4H3/q+1/b12-9-. The van der Waals surface area contributed by atoms with E-state index in [1.165, 1.54) is 37.0 Å². The van der Waals surface area contributed by atoms with Gasteiger partial charge < -0.3 is 4.48 Å². The number of nitrogens with zero attached hydrogens (tertiary/aromatic N) is 1. The van der Waals surface area contributed by atoms with Crippen LogP contribution < -0.4 is 0 Å². The highest BCUT2D eigenvalue weighted by Crippen LogP contribution is 2.11. The summed E-state index contributed by atoms with van der Waals surface area (Å²) in [6.45, 7) is 13.5. The maximum absolute atomic E-state index is 5.88. The number of unbranched alkanes of at least 4 members (excludes halogenated alkanes) is 1. The summed E-state index contributed by atoms with van der Waals surface area (Å²) in [7, 11) is 0. The molecule has 0 unspecified atom stereocenters. The van der Waals surface area contributed by atoms with E-state index in [2.05, 4.69) is 26.8 Å². The summed E-state index contributed by atoms with van der Waals surface area (Å²) in [6, 6.07) is 0. The number of likely N-dealkylation sites (N-methyl/N-ethyl adjacent to an activating group) is 1. The van der Waals surface area contributed by atoms with E-state index in [0.717, 1.165) is 11.6 Å². The van der Waals surface area contributed by atoms with Gasteiger partial charge in [0.2, 0.25) is 0 Å². The maximum atomic E-state index is 5.88. The third-order valence-electron chi connectivity index (χ3n) is 3.09. The molecule has 0 amide bonds. The largest absolute Gasteiger partial charge is 0.321 e. The molecule has 0 N–H and O–H groups in total. The summed E-state index contributed by atoms with van der Waals surface area (Å²) in [5, 5.41) is 0.922. The van der Waals surface area contributed by atoms with Gasteiger partial charge >= 0.3 is 0 Å². The molecule has 0 saturated heterocycles. The lowest BCUT2D eigenvalue weighted by Crippen LogP contribution is -2.48. The third kappa shape index (κ3) is 5.02. The van der Waals surface area contributed by atoms with Gasteiger partial charge in [-0.15, -0.1) is 0 Å². The van der Waals surface area contributed by atoms with Gasteiger partial charge in [0.1, 0.15) is 0 Å². The second kappa shape index (κ2) is 7.30. The topological polar surface area (TPSA) is 0 Å². The second-order valence-corrected chi connectivity index (χ2v) is 4.62. The molecule has 0 aromatic rings. The van der Waals surface area contributed by atoms with Crippen LogP contribution in [0.15, 0.2) is 11.1 Å². The molecule has 0 atom stereocenters. The van der Waals surface area contributed by atoms with Gasteiger partial charge in [0.25, 0.3) is 0 Å². The molecule has 0 bridgehead atoms. The highest BCUT2D eigenvalue weighted by Gasteiger charge is 2.20. The highest BCUT2D eigenvalue weighted by molar-refractivity contribution is 6.29. The fourth-order valence-electron chi connectivity index (χ4n) is 1.70. The van der Waals surface area contributed by atoms with Crippen molar-refractivity contribution in [3.8, 4) is 0 Å². The second-order valence-electron chi connectivity index (χ2n) is 4.02. The van der Waals surface area contributed by atoms with Gasteiger partial charge in [-0.05, 0) is 33.3 Å². The first kappa shape index (κ1) is 14.0. The molecule has 2 heteroatoms. The lowest BCUT2D eigenvalue weighted by Gasteiger charge is -2.36. The molecule has 0 saturated carbocycles. The van der Waals surface area contributed by atoms with E-state index in [1.807, 2.05) is 6.92 Å². The van der Waals surface area contributed by atoms with Gasteiger partial charge in [-0.3, -0.25) is 0 Å². The van der Waals surface area contributed by atoms with E-state index >= 15 is 0 Å². The molecule has 0 rings (SSSR count). The molecule has 0 aliphatic carbocycles. The van der Waals surface area contributed by atoms with Crippen LogP contribution in [-0.2, 0) is 0 Å². The van der Waals surface area contributed by atoms with Crippen LogP contribution in [0.5, 0.6) is 0 Å². The predicted octanol–water partition coefficient (Wildman–Crippen LogP) is 3.79. The molecule has 84 valence electrons. The molecule has 1 nitrogen and oxygen atoms in total. The number of hydrogen-bond acceptors (Lipinski definition) is 0. The van der Waals surface area contributed by atoms with E-state index in [9.17, 15) is 0 Å². The highest BCUT2D eigenvalue weighted by atomic mass is 35.5. The van der Waals surface area contributed by atoms with Crippen molar-refractivity contribution in [1.29, 1.82) is 0 Å². The molecule has 0 aromatic carbocycles. The summed E-state index contributed by atoms with van der Waals surface area (Å²) >= 11 is 5.88. The van der Waals surface area contributed by atoms with Gasteiger partial charge in [0.15, 0.2) is 0 Å². The smallest absolute Gasteiger partial charge is 0.0987 e. The van der Waals surface area contributed by atoms with Crippen LogP contribution >= 0.6 is 11.6 Å². The number of allylic oxidation sites excluding steroid dienone is 1. The monoisotopic (exact) mass is 218 g/mol. The van der Waals surface area contributed by atoms with Crippen LogP contribution in [0.2, 0.25) is 0 Å². The number of rotatable bonds is 7. The van der Waals surface area contributed by atoms with Gasteiger partial charge in [-0.25, -0.2) is 0 Å². The Kier molecular flexibility index (Phi) is 7.30. The minimum absolute atomic E-state index is 0.922. The van der Waals surface area contributed by atoms with Crippen molar-refractivity contribution in [3.05, 3.63) is 11.1 Å². The maximum Gasteiger partial charge on any atom is 0.0987 e. The third-order valence-corrected chi connectivity index (χ3v) is 3.24. The Morgan fingerprint density at radius 1 is 1.21 bits per heavy atom. The fourth-order valence-corrected chi connectivity index (χ4v) is 1.77. The van der Waals surface area contributed by atoms with Crippen LogP contribution in [0.4, 0.5) is 0 Å². The molecule has 0 aromatic heterocycles. The molecular weight excluding hydrogens is 194 g/mol. The van der Waals surface area contributed by atoms with Crippen LogP contribution in [0.25, 0.3) is 0 Å². The Morgan fingerprint density at radius 3 is 2.14 bits per heavy atom. The van der Waals surface area contributed by atoms with Gasteiger partial charge in [-0.2, -0.15) is 0 Å². The van der Waals surface area contributed by atoms with Crippen molar-refractivity contribution in [1.82, 2.24) is 0 Å². The molecule has 0 aliphatic rings. The Balaban J connectivity index is 4.28. The Bertz CT molecular complexity index is 167. The molecule has 0 spiro atoms. The molecule has 0 fully saturated rings. The van der Waals surface area contributed by atoms with Crippen molar-refractivity contribution in [2.45, 2.75) is 40.5 Å². The van der Waals surface area contributed by atoms with Crippen molar-refractivity contribution < 1.29 is 4.48 Å². The van der Waals surface area contributed by atoms with Gasteiger partial charge in [0.05, 0.1) is 26.2 Å². The van der Waals surface area contributed by atoms with Crippen molar-refractivity contribution in [3.63, 3.8) is 0 Å². The lowest BCUT2D eigenvalue weighted by atomic mass is 10.2. The first-order chi connectivity index (χ1) is 6.60. The lowest BCUT2D eigenvalue weighted by molar-refractivity contribution is -0.919. The van der Waals surface area contributed by atoms with E-state index in [1.54, 1.807) is 0 Å². The summed E-state index contributed by atoms with van der Waals surface area (Å²) in [5.74, 6) is 0. The SMILES string of the molecule is CCCC[N+](CC)(CC)C/C=C(/C)Cl. The van der Waals surface area contributed by atoms with E-state index in [4.69, 9.17) is 11.6 Å². The average Bonchev–Trinajstić information content (AvgIpc) is 2.19. The van der Waals surface area contributed by atoms with Crippen molar-refractivity contribution in [2.24, 2.45) is 0 Å². The zero-order valence-corrected chi connectivity index (χ0v) is 10.9. The zero-order chi connectivity index (χ0) is 11.0. The van der Waals surface area contributed by atoms with Crippen molar-refractivity contribution in [2.75, 3.05) is 26.2 Å². The minimum Gasteiger partial charge on any atom is -0.321 e. The zero-order valence-electron chi connectivity index (χ0n) is 10.1. The van der Waals surface area contributed by atoms with Crippen LogP contribution in [0, 0.1) is 0 Å². The molecule has 0 aliphatic heterocycles. The van der Waals surface area contributed by atoms with E-state index < -0.39 is 0 Å². The quantitative estimate of drug-likeness (QED) is 0.571. The molecule has 14 heavy (non-hydrogen) atoms.